The van der Waals surface area contributed by atoms with Gasteiger partial charge in [-0.3, -0.25) is 15.2 Å². The smallest absolute Gasteiger partial charge is 0.289 e. The molecular formula is C14H16F3N5O3S. The number of nitrogens with one attached hydrogen (secondary N) is 2. The number of hydrogen-bond donors (Lipinski definition) is 2. The zero-order valence-electron chi connectivity index (χ0n) is 14.0. The van der Waals surface area contributed by atoms with Crippen LogP contribution in [0.5, 0.6) is 0 Å². The van der Waals surface area contributed by atoms with Crippen LogP contribution in [0.2, 0.25) is 0 Å². The van der Waals surface area contributed by atoms with Crippen LogP contribution >= 0.6 is 0 Å². The number of halogens is 3. The second kappa shape index (κ2) is 7.03. The Kier molecular flexibility index (Phi) is 5.37. The molecular weight excluding hydrogens is 375 g/mol. The Balaban J connectivity index is 2.15. The van der Waals surface area contributed by atoms with E-state index >= 15 is 0 Å². The first-order valence-corrected chi connectivity index (χ1v) is 8.76. The minimum Gasteiger partial charge on any atom is -0.289 e. The van der Waals surface area contributed by atoms with E-state index in [1.165, 1.54) is 35.6 Å². The first kappa shape index (κ1) is 19.8. The number of benzene rings is 1. The second-order valence-corrected chi connectivity index (χ2v) is 7.60. The number of amides is 1. The van der Waals surface area contributed by atoms with E-state index in [0.717, 1.165) is 0 Å². The van der Waals surface area contributed by atoms with Gasteiger partial charge in [0.25, 0.3) is 5.91 Å². The Labute approximate surface area is 147 Å². The van der Waals surface area contributed by atoms with Gasteiger partial charge in [-0.1, -0.05) is 0 Å². The summed E-state index contributed by atoms with van der Waals surface area (Å²) in [6, 6.07) is 4.71. The Morgan fingerprint density at radius 3 is 2.27 bits per heavy atom. The van der Waals surface area contributed by atoms with Gasteiger partial charge in [-0.05, 0) is 38.1 Å². The largest absolute Gasteiger partial charge is 0.451 e. The Hall–Kier alpha value is -2.47. The summed E-state index contributed by atoms with van der Waals surface area (Å²) >= 11 is 0. The van der Waals surface area contributed by atoms with Crippen molar-refractivity contribution in [2.45, 2.75) is 31.0 Å². The maximum absolute atomic E-state index is 12.4. The maximum atomic E-state index is 12.4. The molecule has 2 N–H and O–H groups in total. The summed E-state index contributed by atoms with van der Waals surface area (Å²) in [5, 5.41) is 7.02. The van der Waals surface area contributed by atoms with Gasteiger partial charge in [0.15, 0.2) is 0 Å². The van der Waals surface area contributed by atoms with Gasteiger partial charge in [0, 0.05) is 18.7 Å². The van der Waals surface area contributed by atoms with Crippen LogP contribution in [0.3, 0.4) is 0 Å². The van der Waals surface area contributed by atoms with Crippen molar-refractivity contribution in [3.8, 4) is 0 Å². The lowest BCUT2D eigenvalue weighted by atomic mass is 10.2. The van der Waals surface area contributed by atoms with Crippen LogP contribution in [0.4, 0.5) is 19.1 Å². The number of alkyl halides is 3. The van der Waals surface area contributed by atoms with E-state index in [0.29, 0.717) is 0 Å². The number of H-pyrrole nitrogens is 1. The molecule has 0 atom stereocenters. The van der Waals surface area contributed by atoms with E-state index in [4.69, 9.17) is 0 Å². The van der Waals surface area contributed by atoms with Crippen molar-refractivity contribution in [2.24, 2.45) is 0 Å². The molecule has 0 saturated heterocycles. The molecule has 1 aromatic carbocycles. The van der Waals surface area contributed by atoms with Gasteiger partial charge >= 0.3 is 6.18 Å². The molecule has 2 aromatic rings. The van der Waals surface area contributed by atoms with Crippen LogP contribution in [0, 0.1) is 0 Å². The van der Waals surface area contributed by atoms with Gasteiger partial charge in [-0.15, -0.1) is 5.10 Å². The number of carbonyl (C=O) groups excluding carboxylic acids is 1. The third kappa shape index (κ3) is 4.19. The predicted octanol–water partition coefficient (Wildman–Crippen LogP) is 2.10. The third-order valence-corrected chi connectivity index (χ3v) is 5.55. The van der Waals surface area contributed by atoms with Crippen molar-refractivity contribution >= 4 is 21.9 Å². The maximum Gasteiger partial charge on any atom is 0.451 e. The monoisotopic (exact) mass is 391 g/mol. The molecule has 142 valence electrons. The van der Waals surface area contributed by atoms with E-state index in [1.807, 2.05) is 0 Å². The molecule has 0 spiro atoms. The fourth-order valence-electron chi connectivity index (χ4n) is 1.84. The first-order chi connectivity index (χ1) is 11.9. The number of nitrogens with zero attached hydrogens (tertiary/aromatic N) is 3. The van der Waals surface area contributed by atoms with E-state index in [1.54, 1.807) is 18.9 Å². The van der Waals surface area contributed by atoms with Crippen molar-refractivity contribution in [3.63, 3.8) is 0 Å². The number of hydrogen-bond acceptors (Lipinski definition) is 5. The normalized spacial score (nSPS) is 12.6. The quantitative estimate of drug-likeness (QED) is 0.812. The minimum atomic E-state index is -4.71. The van der Waals surface area contributed by atoms with Crippen LogP contribution in [0.15, 0.2) is 29.2 Å². The first-order valence-electron chi connectivity index (χ1n) is 7.32. The fourth-order valence-corrected chi connectivity index (χ4v) is 3.21. The summed E-state index contributed by atoms with van der Waals surface area (Å²) in [6.45, 7) is 3.43. The molecule has 12 heteroatoms. The minimum absolute atomic E-state index is 0.0116. The van der Waals surface area contributed by atoms with Crippen molar-refractivity contribution in [3.05, 3.63) is 35.7 Å². The fraction of sp³-hybridized carbons (Fsp3) is 0.357. The molecule has 1 amide bonds. The standard InChI is InChI=1S/C14H16F3N5O3S/c1-8(2)22(3)26(24,25)10-6-4-9(5-7-10)11(23)18-13-19-12(20-21-13)14(15,16)17/h4-8H,1-3H3,(H2,18,19,20,21,23). The number of aromatic nitrogens is 3. The van der Waals surface area contributed by atoms with Crippen LogP contribution in [-0.2, 0) is 16.2 Å². The molecule has 26 heavy (non-hydrogen) atoms. The number of rotatable bonds is 5. The molecule has 0 bridgehead atoms. The highest BCUT2D eigenvalue weighted by atomic mass is 32.2. The van der Waals surface area contributed by atoms with Crippen molar-refractivity contribution < 1.29 is 26.4 Å². The van der Waals surface area contributed by atoms with Crippen LogP contribution in [-0.4, -0.2) is 46.9 Å². The molecule has 0 radical (unpaired) electrons. The average Bonchev–Trinajstić information content (AvgIpc) is 3.02. The highest BCUT2D eigenvalue weighted by Gasteiger charge is 2.35. The summed E-state index contributed by atoms with van der Waals surface area (Å²) in [5.74, 6) is -2.66. The molecule has 8 nitrogen and oxygen atoms in total. The van der Waals surface area contributed by atoms with Gasteiger partial charge in [0.05, 0.1) is 4.90 Å². The lowest BCUT2D eigenvalue weighted by molar-refractivity contribution is -0.144. The molecule has 0 saturated carbocycles. The SMILES string of the molecule is CC(C)N(C)S(=O)(=O)c1ccc(C(=O)Nc2n[nH]c(C(F)(F)F)n2)cc1. The molecule has 1 heterocycles. The Bertz CT molecular complexity index is 891. The highest BCUT2D eigenvalue weighted by Crippen LogP contribution is 2.26. The van der Waals surface area contributed by atoms with Gasteiger partial charge in [-0.25, -0.2) is 8.42 Å². The number of sulfonamides is 1. The lowest BCUT2D eigenvalue weighted by Crippen LogP contribution is -2.33. The zero-order valence-corrected chi connectivity index (χ0v) is 14.8. The molecule has 0 aliphatic heterocycles. The summed E-state index contributed by atoms with van der Waals surface area (Å²) in [5.41, 5.74) is 0.0366. The Morgan fingerprint density at radius 1 is 1.23 bits per heavy atom. The Morgan fingerprint density at radius 2 is 1.81 bits per heavy atom. The van der Waals surface area contributed by atoms with Crippen molar-refractivity contribution in [2.75, 3.05) is 12.4 Å². The molecule has 0 fully saturated rings. The predicted molar refractivity (Wildman–Crippen MR) is 85.9 cm³/mol. The topological polar surface area (TPSA) is 108 Å². The van der Waals surface area contributed by atoms with Gasteiger partial charge in [-0.2, -0.15) is 22.5 Å². The number of carbonyl (C=O) groups is 1. The number of aromatic amines is 1. The van der Waals surface area contributed by atoms with E-state index < -0.39 is 33.9 Å². The number of anilines is 1. The van der Waals surface area contributed by atoms with Crippen molar-refractivity contribution in [1.29, 1.82) is 0 Å². The van der Waals surface area contributed by atoms with Gasteiger partial charge in [0.1, 0.15) is 0 Å². The molecule has 0 aliphatic carbocycles. The summed E-state index contributed by atoms with van der Waals surface area (Å²) in [7, 11) is -2.27. The van der Waals surface area contributed by atoms with E-state index in [-0.39, 0.29) is 16.5 Å². The van der Waals surface area contributed by atoms with E-state index in [9.17, 15) is 26.4 Å². The lowest BCUT2D eigenvalue weighted by Gasteiger charge is -2.20. The van der Waals surface area contributed by atoms with Crippen LogP contribution in [0.25, 0.3) is 0 Å². The molecule has 2 rings (SSSR count). The third-order valence-electron chi connectivity index (χ3n) is 3.50. The van der Waals surface area contributed by atoms with Crippen molar-refractivity contribution in [1.82, 2.24) is 19.5 Å². The summed E-state index contributed by atoms with van der Waals surface area (Å²) in [4.78, 5) is 15.1. The van der Waals surface area contributed by atoms with Gasteiger partial charge in [0.2, 0.25) is 21.8 Å². The molecule has 0 unspecified atom stereocenters. The zero-order chi connectivity index (χ0) is 19.7. The van der Waals surface area contributed by atoms with Gasteiger partial charge < -0.3 is 0 Å². The highest BCUT2D eigenvalue weighted by molar-refractivity contribution is 7.89. The average molecular weight is 391 g/mol. The molecule has 1 aromatic heterocycles. The summed E-state index contributed by atoms with van der Waals surface area (Å²) < 4.78 is 63.1. The van der Waals surface area contributed by atoms with Crippen LogP contribution in [0.1, 0.15) is 30.0 Å². The second-order valence-electron chi connectivity index (χ2n) is 5.60. The molecule has 0 aliphatic rings. The summed E-state index contributed by atoms with van der Waals surface area (Å²) in [6.07, 6.45) is -4.71. The van der Waals surface area contributed by atoms with E-state index in [2.05, 4.69) is 15.4 Å². The van der Waals surface area contributed by atoms with Crippen LogP contribution < -0.4 is 5.32 Å².